The second-order valence-corrected chi connectivity index (χ2v) is 8.64. The minimum atomic E-state index is -3.04. The van der Waals surface area contributed by atoms with E-state index < -0.39 is 9.84 Å². The van der Waals surface area contributed by atoms with E-state index in [0.717, 1.165) is 19.3 Å². The van der Waals surface area contributed by atoms with Crippen LogP contribution in [0, 0.1) is 0 Å². The van der Waals surface area contributed by atoms with Crippen LogP contribution < -0.4 is 5.32 Å². The third kappa shape index (κ3) is 2.83. The number of hydrogen-bond acceptors (Lipinski definition) is 5. The summed E-state index contributed by atoms with van der Waals surface area (Å²) in [6, 6.07) is -0.483. The molecule has 3 fully saturated rings. The normalized spacial score (nSPS) is 39.6. The van der Waals surface area contributed by atoms with E-state index in [9.17, 15) is 13.2 Å². The predicted molar refractivity (Wildman–Crippen MR) is 78.7 cm³/mol. The quantitative estimate of drug-likeness (QED) is 0.733. The second kappa shape index (κ2) is 5.85. The van der Waals surface area contributed by atoms with Crippen LogP contribution in [0.5, 0.6) is 0 Å². The van der Waals surface area contributed by atoms with Gasteiger partial charge < -0.3 is 15.0 Å². The maximum absolute atomic E-state index is 12.8. The van der Waals surface area contributed by atoms with Crippen molar-refractivity contribution in [3.8, 4) is 0 Å². The van der Waals surface area contributed by atoms with Crippen LogP contribution in [-0.4, -0.2) is 68.1 Å². The fourth-order valence-electron chi connectivity index (χ4n) is 3.86. The molecule has 1 amide bonds. The van der Waals surface area contributed by atoms with E-state index in [2.05, 4.69) is 5.32 Å². The lowest BCUT2D eigenvalue weighted by molar-refractivity contribution is -0.142. The van der Waals surface area contributed by atoms with Gasteiger partial charge in [-0.2, -0.15) is 0 Å². The van der Waals surface area contributed by atoms with E-state index in [1.54, 1.807) is 0 Å². The molecule has 6 nitrogen and oxygen atoms in total. The number of nitrogens with one attached hydrogen (secondary N) is 1. The number of ether oxygens (including phenoxy) is 1. The summed E-state index contributed by atoms with van der Waals surface area (Å²) in [4.78, 5) is 14.6. The van der Waals surface area contributed by atoms with Gasteiger partial charge in [-0.3, -0.25) is 4.79 Å². The summed E-state index contributed by atoms with van der Waals surface area (Å²) in [5.74, 6) is 0.107. The molecule has 21 heavy (non-hydrogen) atoms. The molecule has 2 heterocycles. The first-order valence-corrected chi connectivity index (χ1v) is 9.59. The molecule has 4 atom stereocenters. The van der Waals surface area contributed by atoms with Gasteiger partial charge >= 0.3 is 0 Å². The number of carbonyl (C=O) groups is 1. The lowest BCUT2D eigenvalue weighted by atomic mass is 9.92. The van der Waals surface area contributed by atoms with Crippen LogP contribution in [0.4, 0.5) is 0 Å². The first kappa shape index (κ1) is 15.2. The monoisotopic (exact) mass is 316 g/mol. The average molecular weight is 316 g/mol. The zero-order chi connectivity index (χ0) is 15.0. The number of amides is 1. The Labute approximate surface area is 126 Å². The molecule has 0 aromatic carbocycles. The first-order valence-electron chi connectivity index (χ1n) is 7.88. The van der Waals surface area contributed by atoms with E-state index in [-0.39, 0.29) is 35.1 Å². The number of fused-ring (bicyclic) bond motifs is 1. The molecule has 1 aliphatic carbocycles. The van der Waals surface area contributed by atoms with Crippen LogP contribution in [-0.2, 0) is 19.4 Å². The van der Waals surface area contributed by atoms with Gasteiger partial charge in [-0.25, -0.2) is 8.42 Å². The molecular weight excluding hydrogens is 292 g/mol. The summed E-state index contributed by atoms with van der Waals surface area (Å²) in [7, 11) is -3.04. The highest BCUT2D eigenvalue weighted by atomic mass is 32.2. The molecule has 0 radical (unpaired) electrons. The van der Waals surface area contributed by atoms with Crippen molar-refractivity contribution < 1.29 is 17.9 Å². The standard InChI is InChI=1S/C14H24N2O4S/c1-10-13(15-6-8-20-10)14(17)16-7-9-21(18,19)12-5-3-2-4-11(12)16/h10-13,15H,2-9H2,1H3/t10-,11?,12?,13+/m1/s1. The zero-order valence-corrected chi connectivity index (χ0v) is 13.3. The van der Waals surface area contributed by atoms with Crippen LogP contribution >= 0.6 is 0 Å². The Morgan fingerprint density at radius 2 is 2.05 bits per heavy atom. The highest BCUT2D eigenvalue weighted by Gasteiger charge is 2.46. The highest BCUT2D eigenvalue weighted by Crippen LogP contribution is 2.32. The Hall–Kier alpha value is -0.660. The molecule has 0 bridgehead atoms. The number of rotatable bonds is 1. The Morgan fingerprint density at radius 1 is 1.29 bits per heavy atom. The van der Waals surface area contributed by atoms with Crippen LogP contribution in [0.25, 0.3) is 0 Å². The molecule has 0 spiro atoms. The molecule has 3 aliphatic rings. The van der Waals surface area contributed by atoms with Crippen molar-refractivity contribution in [1.82, 2.24) is 10.2 Å². The van der Waals surface area contributed by atoms with E-state index >= 15 is 0 Å². The molecule has 2 aliphatic heterocycles. The van der Waals surface area contributed by atoms with Crippen molar-refractivity contribution in [3.63, 3.8) is 0 Å². The van der Waals surface area contributed by atoms with Crippen LogP contribution in [0.15, 0.2) is 0 Å². The number of hydrogen-bond donors (Lipinski definition) is 1. The first-order chi connectivity index (χ1) is 10.0. The largest absolute Gasteiger partial charge is 0.375 e. The Morgan fingerprint density at radius 3 is 2.81 bits per heavy atom. The van der Waals surface area contributed by atoms with E-state index in [1.807, 2.05) is 11.8 Å². The zero-order valence-electron chi connectivity index (χ0n) is 12.5. The van der Waals surface area contributed by atoms with Crippen LogP contribution in [0.1, 0.15) is 32.6 Å². The highest BCUT2D eigenvalue weighted by molar-refractivity contribution is 7.92. The fourth-order valence-corrected chi connectivity index (χ4v) is 5.90. The van der Waals surface area contributed by atoms with Gasteiger partial charge in [0, 0.05) is 19.1 Å². The van der Waals surface area contributed by atoms with Crippen molar-refractivity contribution in [2.75, 3.05) is 25.4 Å². The molecule has 0 aromatic rings. The summed E-state index contributed by atoms with van der Waals surface area (Å²) in [6.07, 6.45) is 3.29. The van der Waals surface area contributed by atoms with Crippen LogP contribution in [0.3, 0.4) is 0 Å². The van der Waals surface area contributed by atoms with Gasteiger partial charge in [-0.05, 0) is 19.8 Å². The van der Waals surface area contributed by atoms with Crippen LogP contribution in [0.2, 0.25) is 0 Å². The number of sulfone groups is 1. The van der Waals surface area contributed by atoms with Crippen molar-refractivity contribution >= 4 is 15.7 Å². The molecule has 0 aromatic heterocycles. The Bertz CT molecular complexity index is 507. The van der Waals surface area contributed by atoms with Gasteiger partial charge in [0.05, 0.1) is 23.7 Å². The van der Waals surface area contributed by atoms with Gasteiger partial charge in [-0.1, -0.05) is 12.8 Å². The van der Waals surface area contributed by atoms with E-state index in [4.69, 9.17) is 4.74 Å². The lowest BCUT2D eigenvalue weighted by Crippen LogP contribution is -2.64. The van der Waals surface area contributed by atoms with E-state index in [0.29, 0.717) is 26.1 Å². The smallest absolute Gasteiger partial charge is 0.242 e. The van der Waals surface area contributed by atoms with Gasteiger partial charge in [0.1, 0.15) is 6.04 Å². The summed E-state index contributed by atoms with van der Waals surface area (Å²) in [5, 5.41) is 2.86. The summed E-state index contributed by atoms with van der Waals surface area (Å²) < 4.78 is 30.0. The molecule has 2 saturated heterocycles. The van der Waals surface area contributed by atoms with Gasteiger partial charge in [0.25, 0.3) is 0 Å². The predicted octanol–water partition coefficient (Wildman–Crippen LogP) is -0.0685. The number of carbonyl (C=O) groups excluding carboxylic acids is 1. The minimum absolute atomic E-state index is 0.00833. The molecule has 120 valence electrons. The SMILES string of the molecule is C[C@H]1OCCN[C@@H]1C(=O)N1CCS(=O)(=O)C2CCCCC21. The van der Waals surface area contributed by atoms with Crippen molar-refractivity contribution in [2.24, 2.45) is 0 Å². The van der Waals surface area contributed by atoms with Crippen molar-refractivity contribution in [1.29, 1.82) is 0 Å². The fraction of sp³-hybridized carbons (Fsp3) is 0.929. The Kier molecular flexibility index (Phi) is 4.25. The third-order valence-corrected chi connectivity index (χ3v) is 7.24. The number of morpholine rings is 1. The molecule has 3 rings (SSSR count). The molecule has 2 unspecified atom stereocenters. The summed E-state index contributed by atoms with van der Waals surface area (Å²) >= 11 is 0. The number of nitrogens with zero attached hydrogens (tertiary/aromatic N) is 1. The van der Waals surface area contributed by atoms with Gasteiger partial charge in [0.2, 0.25) is 5.91 Å². The van der Waals surface area contributed by atoms with Gasteiger partial charge in [0.15, 0.2) is 9.84 Å². The molecule has 7 heteroatoms. The van der Waals surface area contributed by atoms with E-state index in [1.165, 1.54) is 0 Å². The minimum Gasteiger partial charge on any atom is -0.375 e. The van der Waals surface area contributed by atoms with Crippen molar-refractivity contribution in [2.45, 2.75) is 56.0 Å². The average Bonchev–Trinajstić information content (AvgIpc) is 2.47. The second-order valence-electron chi connectivity index (χ2n) is 6.30. The summed E-state index contributed by atoms with van der Waals surface area (Å²) in [6.45, 7) is 3.51. The lowest BCUT2D eigenvalue weighted by Gasteiger charge is -2.45. The summed E-state index contributed by atoms with van der Waals surface area (Å²) in [5.41, 5.74) is 0. The van der Waals surface area contributed by atoms with Crippen molar-refractivity contribution in [3.05, 3.63) is 0 Å². The maximum Gasteiger partial charge on any atom is 0.242 e. The Balaban J connectivity index is 1.79. The molecular formula is C14H24N2O4S. The van der Waals surface area contributed by atoms with Gasteiger partial charge in [-0.15, -0.1) is 0 Å². The molecule has 1 N–H and O–H groups in total. The maximum atomic E-state index is 12.8. The topological polar surface area (TPSA) is 75.7 Å². The molecule has 1 saturated carbocycles. The third-order valence-electron chi connectivity index (χ3n) is 5.01.